The number of piperidine rings is 1. The molecule has 5 nitrogen and oxygen atoms in total. The van der Waals surface area contributed by atoms with Gasteiger partial charge in [0.2, 0.25) is 0 Å². The molecule has 0 aliphatic carbocycles. The van der Waals surface area contributed by atoms with Crippen molar-refractivity contribution in [3.63, 3.8) is 0 Å². The van der Waals surface area contributed by atoms with Crippen LogP contribution < -0.4 is 16.0 Å². The van der Waals surface area contributed by atoms with Gasteiger partial charge in [-0.15, -0.1) is 0 Å². The molecule has 0 atom stereocenters. The lowest BCUT2D eigenvalue weighted by atomic mass is 10.0. The predicted molar refractivity (Wildman–Crippen MR) is 91.3 cm³/mol. The van der Waals surface area contributed by atoms with E-state index in [0.717, 1.165) is 37.2 Å². The minimum Gasteiger partial charge on any atom is -0.371 e. The Bertz CT molecular complexity index is 651. The fourth-order valence-corrected chi connectivity index (χ4v) is 2.86. The highest BCUT2D eigenvalue weighted by Gasteiger charge is 2.20. The molecule has 23 heavy (non-hydrogen) atoms. The first kappa shape index (κ1) is 15.5. The number of carbonyl (C=O) groups is 1. The third kappa shape index (κ3) is 3.87. The molecule has 120 valence electrons. The van der Waals surface area contributed by atoms with Gasteiger partial charge in [0, 0.05) is 43.8 Å². The first-order valence-electron chi connectivity index (χ1n) is 8.00. The van der Waals surface area contributed by atoms with Crippen molar-refractivity contribution in [1.29, 1.82) is 0 Å². The molecule has 2 aromatic rings. The van der Waals surface area contributed by atoms with E-state index in [-0.39, 0.29) is 11.9 Å². The summed E-state index contributed by atoms with van der Waals surface area (Å²) < 4.78 is 0. The number of nitrogens with zero attached hydrogens (tertiary/aromatic N) is 2. The largest absolute Gasteiger partial charge is 0.371 e. The summed E-state index contributed by atoms with van der Waals surface area (Å²) in [6.45, 7) is 2.27. The Balaban J connectivity index is 1.70. The van der Waals surface area contributed by atoms with Gasteiger partial charge in [-0.1, -0.05) is 18.2 Å². The van der Waals surface area contributed by atoms with Crippen molar-refractivity contribution in [1.82, 2.24) is 10.3 Å². The molecular formula is C18H22N4O. The number of amides is 1. The van der Waals surface area contributed by atoms with Crippen LogP contribution in [-0.2, 0) is 6.54 Å². The van der Waals surface area contributed by atoms with Crippen molar-refractivity contribution in [3.05, 3.63) is 59.9 Å². The van der Waals surface area contributed by atoms with Crippen LogP contribution in [0.15, 0.2) is 48.8 Å². The van der Waals surface area contributed by atoms with Crippen LogP contribution in [0.5, 0.6) is 0 Å². The van der Waals surface area contributed by atoms with E-state index in [4.69, 9.17) is 5.73 Å². The number of rotatable bonds is 4. The monoisotopic (exact) mass is 310 g/mol. The summed E-state index contributed by atoms with van der Waals surface area (Å²) in [5, 5.41) is 2.97. The lowest BCUT2D eigenvalue weighted by Crippen LogP contribution is -2.40. The number of aromatic nitrogens is 1. The van der Waals surface area contributed by atoms with Gasteiger partial charge >= 0.3 is 0 Å². The number of nitrogens with one attached hydrogen (secondary N) is 1. The molecule has 1 amide bonds. The number of benzene rings is 1. The van der Waals surface area contributed by atoms with Crippen molar-refractivity contribution in [2.75, 3.05) is 18.0 Å². The third-order valence-corrected chi connectivity index (χ3v) is 4.20. The quantitative estimate of drug-likeness (QED) is 0.905. The molecule has 5 heteroatoms. The van der Waals surface area contributed by atoms with Crippen LogP contribution in [0.25, 0.3) is 0 Å². The van der Waals surface area contributed by atoms with E-state index in [9.17, 15) is 4.79 Å². The van der Waals surface area contributed by atoms with Crippen LogP contribution in [-0.4, -0.2) is 30.0 Å². The van der Waals surface area contributed by atoms with Gasteiger partial charge in [-0.3, -0.25) is 9.78 Å². The van der Waals surface area contributed by atoms with Gasteiger partial charge in [0.1, 0.15) is 0 Å². The topological polar surface area (TPSA) is 71.2 Å². The highest BCUT2D eigenvalue weighted by molar-refractivity contribution is 5.99. The average molecular weight is 310 g/mol. The van der Waals surface area contributed by atoms with Crippen molar-refractivity contribution in [2.24, 2.45) is 5.73 Å². The zero-order valence-electron chi connectivity index (χ0n) is 13.1. The minimum absolute atomic E-state index is 0.0562. The minimum atomic E-state index is -0.0562. The summed E-state index contributed by atoms with van der Waals surface area (Å²) in [7, 11) is 0. The van der Waals surface area contributed by atoms with Gasteiger partial charge < -0.3 is 16.0 Å². The van der Waals surface area contributed by atoms with Crippen LogP contribution in [0.4, 0.5) is 5.69 Å². The number of para-hydroxylation sites is 1. The van der Waals surface area contributed by atoms with Crippen LogP contribution in [0, 0.1) is 0 Å². The van der Waals surface area contributed by atoms with Crippen LogP contribution in [0.1, 0.15) is 28.8 Å². The maximum atomic E-state index is 12.6. The van der Waals surface area contributed by atoms with E-state index < -0.39 is 0 Å². The Morgan fingerprint density at radius 3 is 2.74 bits per heavy atom. The van der Waals surface area contributed by atoms with Gasteiger partial charge in [-0.25, -0.2) is 0 Å². The zero-order chi connectivity index (χ0) is 16.1. The molecule has 1 saturated heterocycles. The lowest BCUT2D eigenvalue weighted by molar-refractivity contribution is 0.0951. The molecule has 1 fully saturated rings. The molecule has 0 bridgehead atoms. The zero-order valence-corrected chi connectivity index (χ0v) is 13.1. The van der Waals surface area contributed by atoms with E-state index in [1.54, 1.807) is 12.4 Å². The normalized spacial score (nSPS) is 15.4. The van der Waals surface area contributed by atoms with E-state index >= 15 is 0 Å². The third-order valence-electron chi connectivity index (χ3n) is 4.20. The fourth-order valence-electron chi connectivity index (χ4n) is 2.86. The van der Waals surface area contributed by atoms with E-state index in [1.807, 2.05) is 36.4 Å². The Morgan fingerprint density at radius 1 is 1.22 bits per heavy atom. The molecule has 0 spiro atoms. The number of hydrogen-bond acceptors (Lipinski definition) is 4. The van der Waals surface area contributed by atoms with E-state index in [2.05, 4.69) is 15.2 Å². The smallest absolute Gasteiger partial charge is 0.253 e. The molecule has 1 aromatic carbocycles. The van der Waals surface area contributed by atoms with Crippen LogP contribution >= 0.6 is 0 Å². The highest BCUT2D eigenvalue weighted by Crippen LogP contribution is 2.23. The van der Waals surface area contributed by atoms with Gasteiger partial charge in [0.25, 0.3) is 5.91 Å². The van der Waals surface area contributed by atoms with E-state index in [1.165, 1.54) is 0 Å². The summed E-state index contributed by atoms with van der Waals surface area (Å²) in [6.07, 6.45) is 5.41. The second-order valence-corrected chi connectivity index (χ2v) is 5.89. The second-order valence-electron chi connectivity index (χ2n) is 5.89. The molecule has 3 N–H and O–H groups in total. The summed E-state index contributed by atoms with van der Waals surface area (Å²) >= 11 is 0. The molecular weight excluding hydrogens is 288 g/mol. The standard InChI is InChI=1S/C18H22N4O/c19-15-7-10-22(11-8-15)17-6-2-1-5-16(17)18(23)21-13-14-4-3-9-20-12-14/h1-6,9,12,15H,7-8,10-11,13,19H2,(H,21,23). The molecule has 1 aliphatic rings. The van der Waals surface area contributed by atoms with Crippen LogP contribution in [0.2, 0.25) is 0 Å². The number of carbonyl (C=O) groups excluding carboxylic acids is 1. The van der Waals surface area contributed by atoms with Gasteiger partial charge in [-0.2, -0.15) is 0 Å². The van der Waals surface area contributed by atoms with Crippen molar-refractivity contribution in [3.8, 4) is 0 Å². The first-order chi connectivity index (χ1) is 11.2. The Labute approximate surface area is 136 Å². The molecule has 0 radical (unpaired) electrons. The summed E-state index contributed by atoms with van der Waals surface area (Å²) in [5.74, 6) is -0.0562. The van der Waals surface area contributed by atoms with Gasteiger partial charge in [-0.05, 0) is 36.6 Å². The first-order valence-corrected chi connectivity index (χ1v) is 8.00. The molecule has 1 aliphatic heterocycles. The van der Waals surface area contributed by atoms with Crippen molar-refractivity contribution >= 4 is 11.6 Å². The Kier molecular flexibility index (Phi) is 4.88. The molecule has 0 saturated carbocycles. The fraction of sp³-hybridized carbons (Fsp3) is 0.333. The molecule has 2 heterocycles. The molecule has 1 aromatic heterocycles. The highest BCUT2D eigenvalue weighted by atomic mass is 16.1. The van der Waals surface area contributed by atoms with Gasteiger partial charge in [0.15, 0.2) is 0 Å². The number of nitrogens with two attached hydrogens (primary N) is 1. The lowest BCUT2D eigenvalue weighted by Gasteiger charge is -2.33. The molecule has 0 unspecified atom stereocenters. The number of hydrogen-bond donors (Lipinski definition) is 2. The Hall–Kier alpha value is -2.40. The van der Waals surface area contributed by atoms with Crippen molar-refractivity contribution < 1.29 is 4.79 Å². The van der Waals surface area contributed by atoms with Crippen molar-refractivity contribution in [2.45, 2.75) is 25.4 Å². The predicted octanol–water partition coefficient (Wildman–Crippen LogP) is 1.94. The Morgan fingerprint density at radius 2 is 2.00 bits per heavy atom. The average Bonchev–Trinajstić information content (AvgIpc) is 2.61. The summed E-state index contributed by atoms with van der Waals surface area (Å²) in [6, 6.07) is 11.9. The van der Waals surface area contributed by atoms with Gasteiger partial charge in [0.05, 0.1) is 5.56 Å². The summed E-state index contributed by atoms with van der Waals surface area (Å²) in [4.78, 5) is 18.9. The number of anilines is 1. The molecule has 3 rings (SSSR count). The maximum Gasteiger partial charge on any atom is 0.253 e. The maximum absolute atomic E-state index is 12.6. The van der Waals surface area contributed by atoms with Crippen LogP contribution in [0.3, 0.4) is 0 Å². The summed E-state index contributed by atoms with van der Waals surface area (Å²) in [5.41, 5.74) is 8.66. The SMILES string of the molecule is NC1CCN(c2ccccc2C(=O)NCc2cccnc2)CC1. The van der Waals surface area contributed by atoms with E-state index in [0.29, 0.717) is 12.1 Å². The number of pyridine rings is 1. The second kappa shape index (κ2) is 7.24.